The average Bonchev–Trinajstić information content (AvgIpc) is 3.85. The van der Waals surface area contributed by atoms with Crippen molar-refractivity contribution in [1.82, 2.24) is 5.32 Å². The minimum Gasteiger partial charge on any atom is -0.456 e. The summed E-state index contributed by atoms with van der Waals surface area (Å²) in [7, 11) is 0. The summed E-state index contributed by atoms with van der Waals surface area (Å²) in [6.07, 6.45) is -0.281. The first kappa shape index (κ1) is 32.4. The predicted molar refractivity (Wildman–Crippen MR) is 235 cm³/mol. The first-order valence-corrected chi connectivity index (χ1v) is 19.7. The van der Waals surface area contributed by atoms with Gasteiger partial charge in [0.1, 0.15) is 23.2 Å². The van der Waals surface area contributed by atoms with Gasteiger partial charge in [0.2, 0.25) is 0 Å². The Morgan fingerprint density at radius 2 is 1.11 bits per heavy atom. The van der Waals surface area contributed by atoms with Gasteiger partial charge in [0, 0.05) is 47.6 Å². The van der Waals surface area contributed by atoms with Gasteiger partial charge in [-0.05, 0) is 57.6 Å². The molecule has 1 atom stereocenters. The van der Waals surface area contributed by atoms with Gasteiger partial charge in [0.25, 0.3) is 0 Å². The zero-order valence-corrected chi connectivity index (χ0v) is 31.0. The maximum absolute atomic E-state index is 6.62. The Balaban J connectivity index is 0.953. The lowest BCUT2D eigenvalue weighted by molar-refractivity contribution is 0.669. The first-order valence-electron chi connectivity index (χ1n) is 18.8. The van der Waals surface area contributed by atoms with Gasteiger partial charge in [0.15, 0.2) is 5.84 Å². The molecule has 0 bridgehead atoms. The van der Waals surface area contributed by atoms with E-state index in [1.165, 1.54) is 42.4 Å². The first-order chi connectivity index (χ1) is 27.7. The molecule has 0 saturated heterocycles. The average molecular weight is 736 g/mol. The number of benzene rings is 8. The van der Waals surface area contributed by atoms with Crippen LogP contribution in [0.25, 0.3) is 75.5 Å². The Morgan fingerprint density at radius 3 is 1.93 bits per heavy atom. The molecule has 0 spiro atoms. The highest BCUT2D eigenvalue weighted by Gasteiger charge is 2.22. The highest BCUT2D eigenvalue weighted by molar-refractivity contribution is 7.26. The second kappa shape index (κ2) is 13.3. The van der Waals surface area contributed by atoms with Crippen LogP contribution in [0.2, 0.25) is 0 Å². The van der Waals surface area contributed by atoms with Crippen LogP contribution in [0.15, 0.2) is 202 Å². The number of hydrogen-bond acceptors (Lipinski definition) is 5. The van der Waals surface area contributed by atoms with Gasteiger partial charge in [-0.3, -0.25) is 0 Å². The van der Waals surface area contributed by atoms with Crippen molar-refractivity contribution in [3.05, 3.63) is 205 Å². The molecule has 264 valence electrons. The number of rotatable bonds is 6. The molecule has 5 heteroatoms. The fraction of sp³-hybridized carbons (Fsp3) is 0.0196. The fourth-order valence-electron chi connectivity index (χ4n) is 8.08. The Kier molecular flexibility index (Phi) is 7.71. The van der Waals surface area contributed by atoms with Crippen LogP contribution in [0, 0.1) is 0 Å². The van der Waals surface area contributed by atoms with Crippen LogP contribution in [-0.2, 0) is 0 Å². The maximum Gasteiger partial charge on any atom is 0.159 e. The normalized spacial score (nSPS) is 14.2. The van der Waals surface area contributed by atoms with Crippen molar-refractivity contribution < 1.29 is 4.42 Å². The zero-order valence-electron chi connectivity index (χ0n) is 30.2. The molecule has 8 aromatic carbocycles. The van der Waals surface area contributed by atoms with Gasteiger partial charge >= 0.3 is 0 Å². The molecule has 1 aliphatic rings. The second-order valence-electron chi connectivity index (χ2n) is 14.1. The Hall–Kier alpha value is -7.08. The van der Waals surface area contributed by atoms with E-state index in [0.29, 0.717) is 5.84 Å². The summed E-state index contributed by atoms with van der Waals surface area (Å²) >= 11 is 1.87. The van der Waals surface area contributed by atoms with Gasteiger partial charge in [-0.1, -0.05) is 164 Å². The van der Waals surface area contributed by atoms with Gasteiger partial charge in [-0.15, -0.1) is 11.3 Å². The van der Waals surface area contributed by atoms with E-state index in [0.717, 1.165) is 55.6 Å². The van der Waals surface area contributed by atoms with E-state index in [2.05, 4.69) is 157 Å². The molecule has 0 amide bonds. The van der Waals surface area contributed by atoms with Crippen LogP contribution in [0.1, 0.15) is 22.9 Å². The van der Waals surface area contributed by atoms with Gasteiger partial charge < -0.3 is 9.73 Å². The molecule has 1 N–H and O–H groups in total. The topological polar surface area (TPSA) is 49.9 Å². The molecule has 0 fully saturated rings. The molecule has 10 aromatic rings. The number of nitrogens with one attached hydrogen (secondary N) is 1. The second-order valence-corrected chi connectivity index (χ2v) is 15.2. The third-order valence-corrected chi connectivity index (χ3v) is 12.0. The number of hydrogen-bond donors (Lipinski definition) is 1. The van der Waals surface area contributed by atoms with Crippen LogP contribution >= 0.6 is 11.3 Å². The minimum atomic E-state index is -0.281. The molecule has 2 aromatic heterocycles. The van der Waals surface area contributed by atoms with E-state index >= 15 is 0 Å². The number of amidine groups is 2. The lowest BCUT2D eigenvalue weighted by atomic mass is 9.91. The third-order valence-electron chi connectivity index (χ3n) is 10.8. The van der Waals surface area contributed by atoms with Crippen molar-refractivity contribution in [2.75, 3.05) is 0 Å². The smallest absolute Gasteiger partial charge is 0.159 e. The summed E-state index contributed by atoms with van der Waals surface area (Å²) in [5.41, 5.74) is 11.9. The Morgan fingerprint density at radius 1 is 0.464 bits per heavy atom. The summed E-state index contributed by atoms with van der Waals surface area (Å²) in [6, 6.07) is 66.2. The van der Waals surface area contributed by atoms with Crippen molar-refractivity contribution in [3.63, 3.8) is 0 Å². The summed E-state index contributed by atoms with van der Waals surface area (Å²) < 4.78 is 9.24. The molecule has 4 nitrogen and oxygen atoms in total. The molecular formula is C51H33N3OS. The van der Waals surface area contributed by atoms with Crippen LogP contribution < -0.4 is 5.32 Å². The molecule has 0 aliphatic carbocycles. The summed E-state index contributed by atoms with van der Waals surface area (Å²) in [5, 5.41) is 8.43. The zero-order chi connectivity index (χ0) is 37.0. The molecule has 1 unspecified atom stereocenters. The molecule has 0 saturated carbocycles. The maximum atomic E-state index is 6.62. The van der Waals surface area contributed by atoms with E-state index < -0.39 is 0 Å². The quantitative estimate of drug-likeness (QED) is 0.185. The van der Waals surface area contributed by atoms with Crippen LogP contribution in [0.3, 0.4) is 0 Å². The number of furan rings is 1. The minimum absolute atomic E-state index is 0.281. The number of aliphatic imine (C=N–C) groups is 2. The Bertz CT molecular complexity index is 3160. The molecule has 0 radical (unpaired) electrons. The highest BCUT2D eigenvalue weighted by atomic mass is 32.1. The lowest BCUT2D eigenvalue weighted by Crippen LogP contribution is -2.33. The van der Waals surface area contributed by atoms with Gasteiger partial charge in [0.05, 0.1) is 0 Å². The van der Waals surface area contributed by atoms with E-state index in [1.807, 2.05) is 47.7 Å². The predicted octanol–water partition coefficient (Wildman–Crippen LogP) is 13.5. The number of thiophene rings is 1. The molecule has 56 heavy (non-hydrogen) atoms. The van der Waals surface area contributed by atoms with Crippen molar-refractivity contribution in [1.29, 1.82) is 0 Å². The summed E-state index contributed by atoms with van der Waals surface area (Å²) in [6.45, 7) is 0. The number of fused-ring (bicyclic) bond motifs is 6. The van der Waals surface area contributed by atoms with Crippen molar-refractivity contribution >= 4 is 65.1 Å². The monoisotopic (exact) mass is 735 g/mol. The fourth-order valence-corrected chi connectivity index (χ4v) is 9.31. The molecular weight excluding hydrogens is 703 g/mol. The van der Waals surface area contributed by atoms with E-state index in [4.69, 9.17) is 14.4 Å². The SMILES string of the molecule is c1ccc(C2=NC(c3ccc(-c4ccc5c(c4)oc4cccc(-c6ccccc6-c6cccc7c6sc6ccccc67)c45)cc3)NC(c3ccccc3)=N2)cc1. The third kappa shape index (κ3) is 5.52. The van der Waals surface area contributed by atoms with Crippen molar-refractivity contribution in [2.45, 2.75) is 6.17 Å². The summed E-state index contributed by atoms with van der Waals surface area (Å²) in [5.74, 6) is 1.52. The molecule has 3 heterocycles. The standard InChI is InChI=1S/C51H33N3OS/c1-3-13-33(14-4-1)49-52-50(34-15-5-2-6-16-34)54-51(53-49)35-27-25-32(26-28-35)36-29-30-43-45(31-36)55-44-23-12-20-40(47(43)44)37-17-7-8-18-38(37)41-21-11-22-42-39-19-9-10-24-46(39)56-48(41)42/h1-31,51H,(H,52,53,54). The van der Waals surface area contributed by atoms with Crippen molar-refractivity contribution in [3.8, 4) is 33.4 Å². The Labute approximate surface area is 327 Å². The lowest BCUT2D eigenvalue weighted by Gasteiger charge is -2.23. The molecule has 11 rings (SSSR count). The molecule has 1 aliphatic heterocycles. The van der Waals surface area contributed by atoms with E-state index in [9.17, 15) is 0 Å². The number of nitrogens with zero attached hydrogens (tertiary/aromatic N) is 2. The largest absolute Gasteiger partial charge is 0.456 e. The summed E-state index contributed by atoms with van der Waals surface area (Å²) in [4.78, 5) is 9.97. The van der Waals surface area contributed by atoms with Crippen LogP contribution in [-0.4, -0.2) is 11.7 Å². The van der Waals surface area contributed by atoms with E-state index in [-0.39, 0.29) is 6.17 Å². The van der Waals surface area contributed by atoms with Crippen LogP contribution in [0.5, 0.6) is 0 Å². The van der Waals surface area contributed by atoms with Gasteiger partial charge in [-0.2, -0.15) is 0 Å². The van der Waals surface area contributed by atoms with Crippen molar-refractivity contribution in [2.24, 2.45) is 9.98 Å². The van der Waals surface area contributed by atoms with Gasteiger partial charge in [-0.25, -0.2) is 9.98 Å². The highest BCUT2D eigenvalue weighted by Crippen LogP contribution is 2.45. The van der Waals surface area contributed by atoms with Crippen LogP contribution in [0.4, 0.5) is 0 Å². The van der Waals surface area contributed by atoms with E-state index in [1.54, 1.807) is 0 Å².